The van der Waals surface area contributed by atoms with Gasteiger partial charge in [-0.2, -0.15) is 15.0 Å². The molecule has 4 N–H and O–H groups in total. The van der Waals surface area contributed by atoms with Crippen LogP contribution in [0.25, 0.3) is 0 Å². The Morgan fingerprint density at radius 2 is 1.89 bits per heavy atom. The average molecular weight is 271 g/mol. The molecule has 1 aromatic heterocycles. The van der Waals surface area contributed by atoms with Gasteiger partial charge in [0.2, 0.25) is 11.9 Å². The largest absolute Gasteiger partial charge is 0.461 e. The van der Waals surface area contributed by atoms with Crippen molar-refractivity contribution in [3.8, 4) is 6.01 Å². The van der Waals surface area contributed by atoms with E-state index in [1.165, 1.54) is 6.92 Å². The number of nitrogens with one attached hydrogen (secondary N) is 2. The number of aromatic nitrogens is 3. The summed E-state index contributed by atoms with van der Waals surface area (Å²) in [5.74, 6) is 0.625. The number of anilines is 2. The number of aliphatic hydroxyl groups excluding tert-OH is 1. The van der Waals surface area contributed by atoms with Gasteiger partial charge in [0.25, 0.3) is 0 Å². The summed E-state index contributed by atoms with van der Waals surface area (Å²) in [5.41, 5.74) is -1.24. The van der Waals surface area contributed by atoms with Crippen LogP contribution in [0.3, 0.4) is 0 Å². The Bertz CT molecular complexity index is 411. The van der Waals surface area contributed by atoms with Crippen molar-refractivity contribution in [2.45, 2.75) is 32.5 Å². The van der Waals surface area contributed by atoms with E-state index in [2.05, 4.69) is 25.6 Å². The summed E-state index contributed by atoms with van der Waals surface area (Å²) in [5, 5.41) is 24.3. The van der Waals surface area contributed by atoms with Crippen molar-refractivity contribution in [3.05, 3.63) is 0 Å². The fraction of sp³-hybridized carbons (Fsp3) is 0.727. The lowest BCUT2D eigenvalue weighted by atomic mass is 10.1. The molecule has 8 nitrogen and oxygen atoms in total. The molecule has 0 aliphatic rings. The Labute approximate surface area is 112 Å². The second-order valence-electron chi connectivity index (χ2n) is 4.69. The van der Waals surface area contributed by atoms with E-state index in [0.29, 0.717) is 5.95 Å². The van der Waals surface area contributed by atoms with E-state index in [4.69, 9.17) is 9.84 Å². The molecule has 0 aliphatic heterocycles. The van der Waals surface area contributed by atoms with Crippen molar-refractivity contribution in [2.24, 2.45) is 0 Å². The molecule has 0 amide bonds. The first-order valence-electron chi connectivity index (χ1n) is 6.04. The molecule has 0 saturated heterocycles. The minimum absolute atomic E-state index is 0.0551. The molecule has 0 aliphatic carbocycles. The van der Waals surface area contributed by atoms with Gasteiger partial charge in [0.05, 0.1) is 12.7 Å². The van der Waals surface area contributed by atoms with E-state index in [1.54, 1.807) is 7.05 Å². The van der Waals surface area contributed by atoms with Crippen LogP contribution in [0.15, 0.2) is 0 Å². The maximum absolute atomic E-state index is 9.70. The molecule has 0 bridgehead atoms. The third kappa shape index (κ3) is 5.23. The summed E-state index contributed by atoms with van der Waals surface area (Å²) < 4.78 is 5.40. The highest BCUT2D eigenvalue weighted by molar-refractivity contribution is 5.35. The number of hydrogen-bond acceptors (Lipinski definition) is 8. The zero-order chi connectivity index (χ0) is 14.5. The first kappa shape index (κ1) is 15.4. The third-order valence-corrected chi connectivity index (χ3v) is 2.15. The van der Waals surface area contributed by atoms with Crippen molar-refractivity contribution in [3.63, 3.8) is 0 Å². The van der Waals surface area contributed by atoms with Crippen LogP contribution >= 0.6 is 0 Å². The predicted molar refractivity (Wildman–Crippen MR) is 71.3 cm³/mol. The molecule has 8 heteroatoms. The molecule has 1 unspecified atom stereocenters. The molecule has 0 spiro atoms. The van der Waals surface area contributed by atoms with Gasteiger partial charge in [0.15, 0.2) is 0 Å². The summed E-state index contributed by atoms with van der Waals surface area (Å²) in [4.78, 5) is 12.2. The number of nitrogens with zero attached hydrogens (tertiary/aromatic N) is 3. The van der Waals surface area contributed by atoms with Gasteiger partial charge in [-0.25, -0.2) is 0 Å². The maximum Gasteiger partial charge on any atom is 0.323 e. The Hall–Kier alpha value is -1.67. The minimum Gasteiger partial charge on any atom is -0.461 e. The summed E-state index contributed by atoms with van der Waals surface area (Å²) >= 11 is 0. The van der Waals surface area contributed by atoms with Gasteiger partial charge in [-0.3, -0.25) is 0 Å². The number of hydrogen-bond donors (Lipinski definition) is 4. The summed E-state index contributed by atoms with van der Waals surface area (Å²) in [6, 6.07) is 0.195. The molecule has 1 heterocycles. The van der Waals surface area contributed by atoms with E-state index in [1.807, 2.05) is 13.8 Å². The van der Waals surface area contributed by atoms with Gasteiger partial charge >= 0.3 is 6.01 Å². The first-order valence-corrected chi connectivity index (χ1v) is 6.04. The summed E-state index contributed by atoms with van der Waals surface area (Å²) in [6.07, 6.45) is -0.0551. The molecular weight excluding hydrogens is 250 g/mol. The van der Waals surface area contributed by atoms with Crippen molar-refractivity contribution in [1.82, 2.24) is 15.0 Å². The van der Waals surface area contributed by atoms with Crippen LogP contribution in [0.5, 0.6) is 6.01 Å². The fourth-order valence-electron chi connectivity index (χ4n) is 1.14. The number of aliphatic hydroxyl groups is 2. The lowest BCUT2D eigenvalue weighted by molar-refractivity contribution is 0.0131. The molecule has 0 aromatic carbocycles. The van der Waals surface area contributed by atoms with Crippen molar-refractivity contribution < 1.29 is 14.9 Å². The molecule has 0 radical (unpaired) electrons. The smallest absolute Gasteiger partial charge is 0.323 e. The predicted octanol–water partition coefficient (Wildman–Crippen LogP) is -0.144. The molecule has 1 atom stereocenters. The second-order valence-corrected chi connectivity index (χ2v) is 4.69. The SMILES string of the molecule is CNc1nc(NCC(C)(O)CO)nc(OC(C)C)n1. The van der Waals surface area contributed by atoms with Crippen molar-refractivity contribution in [1.29, 1.82) is 0 Å². The molecule has 108 valence electrons. The average Bonchev–Trinajstić information content (AvgIpc) is 2.35. The van der Waals surface area contributed by atoms with Crippen LogP contribution in [0, 0.1) is 0 Å². The van der Waals surface area contributed by atoms with Gasteiger partial charge in [0, 0.05) is 13.6 Å². The lowest BCUT2D eigenvalue weighted by Crippen LogP contribution is -2.37. The van der Waals surface area contributed by atoms with Gasteiger partial charge < -0.3 is 25.6 Å². The van der Waals surface area contributed by atoms with Crippen LogP contribution in [0.1, 0.15) is 20.8 Å². The van der Waals surface area contributed by atoms with Crippen LogP contribution in [0.4, 0.5) is 11.9 Å². The van der Waals surface area contributed by atoms with E-state index < -0.39 is 5.60 Å². The molecule has 0 fully saturated rings. The van der Waals surface area contributed by atoms with Crippen LogP contribution in [-0.4, -0.2) is 57.1 Å². The quantitative estimate of drug-likeness (QED) is 0.542. The van der Waals surface area contributed by atoms with Crippen LogP contribution in [0.2, 0.25) is 0 Å². The van der Waals surface area contributed by atoms with E-state index in [0.717, 1.165) is 0 Å². The lowest BCUT2D eigenvalue weighted by Gasteiger charge is -2.20. The molecule has 0 saturated carbocycles. The van der Waals surface area contributed by atoms with Crippen LogP contribution < -0.4 is 15.4 Å². The van der Waals surface area contributed by atoms with E-state index in [9.17, 15) is 5.11 Å². The highest BCUT2D eigenvalue weighted by atomic mass is 16.5. The van der Waals surface area contributed by atoms with Crippen molar-refractivity contribution in [2.75, 3.05) is 30.8 Å². The Morgan fingerprint density at radius 1 is 1.26 bits per heavy atom. The minimum atomic E-state index is -1.24. The Balaban J connectivity index is 2.82. The summed E-state index contributed by atoms with van der Waals surface area (Å²) in [6.45, 7) is 4.99. The number of ether oxygens (including phenoxy) is 1. The third-order valence-electron chi connectivity index (χ3n) is 2.15. The van der Waals surface area contributed by atoms with Gasteiger partial charge in [-0.1, -0.05) is 0 Å². The Kier molecular flexibility index (Phi) is 5.25. The molecule has 1 rings (SSSR count). The van der Waals surface area contributed by atoms with E-state index in [-0.39, 0.29) is 31.2 Å². The topological polar surface area (TPSA) is 112 Å². The highest BCUT2D eigenvalue weighted by Crippen LogP contribution is 2.13. The fourth-order valence-corrected chi connectivity index (χ4v) is 1.14. The Morgan fingerprint density at radius 3 is 2.42 bits per heavy atom. The monoisotopic (exact) mass is 271 g/mol. The van der Waals surface area contributed by atoms with Crippen LogP contribution in [-0.2, 0) is 0 Å². The number of rotatable bonds is 7. The molecule has 1 aromatic rings. The highest BCUT2D eigenvalue weighted by Gasteiger charge is 2.19. The van der Waals surface area contributed by atoms with E-state index >= 15 is 0 Å². The zero-order valence-corrected chi connectivity index (χ0v) is 11.6. The molecule has 19 heavy (non-hydrogen) atoms. The van der Waals surface area contributed by atoms with Crippen molar-refractivity contribution >= 4 is 11.9 Å². The first-order chi connectivity index (χ1) is 8.86. The standard InChI is InChI=1S/C11H21N5O3/c1-7(2)19-10-15-8(12-4)14-9(16-10)13-5-11(3,18)6-17/h7,17-18H,5-6H2,1-4H3,(H2,12,13,14,15,16). The van der Waals surface area contributed by atoms with Gasteiger partial charge in [0.1, 0.15) is 5.60 Å². The zero-order valence-electron chi connectivity index (χ0n) is 11.6. The summed E-state index contributed by atoms with van der Waals surface area (Å²) in [7, 11) is 1.68. The second kappa shape index (κ2) is 6.48. The molecular formula is C11H21N5O3. The van der Waals surface area contributed by atoms with Gasteiger partial charge in [-0.05, 0) is 20.8 Å². The normalized spacial score (nSPS) is 14.1. The van der Waals surface area contributed by atoms with Gasteiger partial charge in [-0.15, -0.1) is 0 Å². The maximum atomic E-state index is 9.70.